The monoisotopic (exact) mass is 460 g/mol. The molecule has 0 saturated heterocycles. The third-order valence-corrected chi connectivity index (χ3v) is 7.48. The Labute approximate surface area is 195 Å². The van der Waals surface area contributed by atoms with Crippen LogP contribution in [-0.4, -0.2) is 46.1 Å². The van der Waals surface area contributed by atoms with Gasteiger partial charge in [-0.3, -0.25) is 4.79 Å². The van der Waals surface area contributed by atoms with Crippen LogP contribution >= 0.6 is 0 Å². The summed E-state index contributed by atoms with van der Waals surface area (Å²) in [4.78, 5) is 25.0. The Kier molecular flexibility index (Phi) is 6.31. The number of carbonyl (C=O) groups is 2. The number of alkyl halides is 1. The van der Waals surface area contributed by atoms with Gasteiger partial charge in [0.15, 0.2) is 0 Å². The van der Waals surface area contributed by atoms with E-state index in [1.54, 1.807) is 17.1 Å². The third-order valence-electron chi connectivity index (χ3n) is 7.48. The number of carbonyl (C=O) groups excluding carboxylic acids is 2. The number of amides is 2. The zero-order valence-corrected chi connectivity index (χ0v) is 20.4. The molecular weight excluding hydrogens is 423 g/mol. The van der Waals surface area contributed by atoms with Gasteiger partial charge in [0.05, 0.1) is 30.1 Å². The SMILES string of the molecule is COC(=O)NC(C)(C)/C=C/n1ncc(C(=O)NC2C3CC4CC2CC(F)(C4)C3)c1CC(C)C. The minimum atomic E-state index is -1.01. The summed E-state index contributed by atoms with van der Waals surface area (Å²) in [6, 6.07) is 0.0481. The molecule has 33 heavy (non-hydrogen) atoms. The molecule has 8 heteroatoms. The van der Waals surface area contributed by atoms with Gasteiger partial charge in [-0.25, -0.2) is 13.9 Å². The van der Waals surface area contributed by atoms with E-state index in [0.717, 1.165) is 18.5 Å². The lowest BCUT2D eigenvalue weighted by atomic mass is 9.53. The number of hydrogen-bond donors (Lipinski definition) is 2. The van der Waals surface area contributed by atoms with Crippen LogP contribution in [0.15, 0.2) is 12.3 Å². The van der Waals surface area contributed by atoms with Crippen molar-refractivity contribution in [3.05, 3.63) is 23.5 Å². The predicted molar refractivity (Wildman–Crippen MR) is 124 cm³/mol. The Morgan fingerprint density at radius 2 is 1.97 bits per heavy atom. The molecule has 0 aromatic carbocycles. The molecule has 0 radical (unpaired) electrons. The van der Waals surface area contributed by atoms with Gasteiger partial charge in [0, 0.05) is 12.2 Å². The first kappa shape index (κ1) is 23.8. The van der Waals surface area contributed by atoms with E-state index in [2.05, 4.69) is 34.3 Å². The first-order chi connectivity index (χ1) is 15.5. The highest BCUT2D eigenvalue weighted by Gasteiger charge is 2.56. The van der Waals surface area contributed by atoms with Gasteiger partial charge < -0.3 is 15.4 Å². The highest BCUT2D eigenvalue weighted by Crippen LogP contribution is 2.57. The molecule has 5 rings (SSSR count). The molecule has 182 valence electrons. The van der Waals surface area contributed by atoms with Crippen LogP contribution in [0.5, 0.6) is 0 Å². The molecule has 2 N–H and O–H groups in total. The molecule has 2 unspecified atom stereocenters. The minimum Gasteiger partial charge on any atom is -0.453 e. The van der Waals surface area contributed by atoms with Crippen molar-refractivity contribution in [2.75, 3.05) is 7.11 Å². The lowest BCUT2D eigenvalue weighted by molar-refractivity contribution is -0.0906. The van der Waals surface area contributed by atoms with Crippen molar-refractivity contribution in [1.29, 1.82) is 0 Å². The van der Waals surface area contributed by atoms with Gasteiger partial charge in [0.1, 0.15) is 5.67 Å². The molecule has 4 fully saturated rings. The molecule has 2 amide bonds. The summed E-state index contributed by atoms with van der Waals surface area (Å²) in [5, 5.41) is 10.5. The molecule has 4 bridgehead atoms. The zero-order chi connectivity index (χ0) is 24.0. The molecule has 4 saturated carbocycles. The highest BCUT2D eigenvalue weighted by atomic mass is 19.1. The van der Waals surface area contributed by atoms with E-state index in [-0.39, 0.29) is 23.8 Å². The van der Waals surface area contributed by atoms with Crippen molar-refractivity contribution in [3.63, 3.8) is 0 Å². The molecule has 0 aliphatic heterocycles. The highest BCUT2D eigenvalue weighted by molar-refractivity contribution is 5.95. The van der Waals surface area contributed by atoms with E-state index in [1.807, 2.05) is 19.9 Å². The van der Waals surface area contributed by atoms with Crippen LogP contribution in [0.4, 0.5) is 9.18 Å². The molecule has 0 spiro atoms. The molecule has 7 nitrogen and oxygen atoms in total. The summed E-state index contributed by atoms with van der Waals surface area (Å²) >= 11 is 0. The largest absolute Gasteiger partial charge is 0.453 e. The number of alkyl carbamates (subject to hydrolysis) is 1. The Hall–Kier alpha value is -2.38. The number of nitrogens with zero attached hydrogens (tertiary/aromatic N) is 2. The van der Waals surface area contributed by atoms with E-state index in [0.29, 0.717) is 43.1 Å². The molecular formula is C25H37FN4O3. The molecule has 1 aromatic heterocycles. The Morgan fingerprint density at radius 3 is 2.55 bits per heavy atom. The van der Waals surface area contributed by atoms with E-state index in [1.165, 1.54) is 7.11 Å². The van der Waals surface area contributed by atoms with Gasteiger partial charge in [0.2, 0.25) is 0 Å². The maximum absolute atomic E-state index is 15.0. The van der Waals surface area contributed by atoms with E-state index >= 15 is 4.39 Å². The maximum atomic E-state index is 15.0. The fourth-order valence-corrected chi connectivity index (χ4v) is 6.30. The number of rotatable bonds is 7. The normalized spacial score (nSPS) is 30.8. The number of aromatic nitrogens is 2. The number of hydrogen-bond acceptors (Lipinski definition) is 4. The van der Waals surface area contributed by atoms with Crippen molar-refractivity contribution in [2.24, 2.45) is 23.7 Å². The third kappa shape index (κ3) is 5.09. The fraction of sp³-hybridized carbons (Fsp3) is 0.720. The van der Waals surface area contributed by atoms with Gasteiger partial charge in [-0.05, 0) is 82.1 Å². The van der Waals surface area contributed by atoms with Crippen LogP contribution in [-0.2, 0) is 11.2 Å². The summed E-state index contributed by atoms with van der Waals surface area (Å²) in [5.74, 6) is 1.15. The van der Waals surface area contributed by atoms with Crippen LogP contribution in [0, 0.1) is 23.7 Å². The lowest BCUT2D eigenvalue weighted by Crippen LogP contribution is -2.60. The average Bonchev–Trinajstić information content (AvgIpc) is 3.09. The zero-order valence-electron chi connectivity index (χ0n) is 20.4. The van der Waals surface area contributed by atoms with Crippen molar-refractivity contribution in [2.45, 2.75) is 83.5 Å². The second kappa shape index (κ2) is 8.76. The number of halogens is 1. The molecule has 1 aromatic rings. The molecule has 4 aliphatic carbocycles. The quantitative estimate of drug-likeness (QED) is 0.634. The van der Waals surface area contributed by atoms with Crippen LogP contribution < -0.4 is 10.6 Å². The minimum absolute atomic E-state index is 0.0481. The van der Waals surface area contributed by atoms with Gasteiger partial charge in [-0.1, -0.05) is 13.8 Å². The van der Waals surface area contributed by atoms with Crippen molar-refractivity contribution >= 4 is 18.2 Å². The average molecular weight is 461 g/mol. The Morgan fingerprint density at radius 1 is 1.30 bits per heavy atom. The summed E-state index contributed by atoms with van der Waals surface area (Å²) in [5.41, 5.74) is -0.269. The second-order valence-corrected chi connectivity index (χ2v) is 11.3. The Balaban J connectivity index is 1.52. The molecule has 1 heterocycles. The van der Waals surface area contributed by atoms with Crippen LogP contribution in [0.1, 0.15) is 75.9 Å². The van der Waals surface area contributed by atoms with E-state index < -0.39 is 17.3 Å². The first-order valence-corrected chi connectivity index (χ1v) is 12.1. The van der Waals surface area contributed by atoms with Crippen molar-refractivity contribution in [1.82, 2.24) is 20.4 Å². The fourth-order valence-electron chi connectivity index (χ4n) is 6.30. The predicted octanol–water partition coefficient (Wildman–Crippen LogP) is 4.33. The number of methoxy groups -OCH3 is 1. The van der Waals surface area contributed by atoms with Gasteiger partial charge in [0.25, 0.3) is 5.91 Å². The summed E-state index contributed by atoms with van der Waals surface area (Å²) in [6.07, 6.45) is 9.30. The van der Waals surface area contributed by atoms with Crippen LogP contribution in [0.25, 0.3) is 6.20 Å². The number of nitrogens with one attached hydrogen (secondary N) is 2. The summed E-state index contributed by atoms with van der Waals surface area (Å²) < 4.78 is 21.4. The van der Waals surface area contributed by atoms with E-state index in [9.17, 15) is 9.59 Å². The number of ether oxygens (including phenoxy) is 1. The molecule has 4 aliphatic rings. The smallest absolute Gasteiger partial charge is 0.407 e. The lowest BCUT2D eigenvalue weighted by Gasteiger charge is -2.56. The van der Waals surface area contributed by atoms with E-state index in [4.69, 9.17) is 0 Å². The molecule has 2 atom stereocenters. The standard InChI is InChI=1S/C25H37FN4O3/c1-15(2)8-20-19(14-27-30(20)7-6-24(3,4)29-23(32)33-5)22(31)28-21-17-9-16-10-18(21)13-25(26,11-16)12-17/h6-7,14-18,21H,8-13H2,1-5H3,(H,28,31)(H,29,32)/b7-6+. The van der Waals surface area contributed by atoms with Gasteiger partial charge >= 0.3 is 6.09 Å². The Bertz CT molecular complexity index is 922. The van der Waals surface area contributed by atoms with Crippen LogP contribution in [0.3, 0.4) is 0 Å². The van der Waals surface area contributed by atoms with Gasteiger partial charge in [-0.2, -0.15) is 5.10 Å². The topological polar surface area (TPSA) is 85.2 Å². The summed E-state index contributed by atoms with van der Waals surface area (Å²) in [6.45, 7) is 7.90. The summed E-state index contributed by atoms with van der Waals surface area (Å²) in [7, 11) is 1.32. The maximum Gasteiger partial charge on any atom is 0.407 e. The van der Waals surface area contributed by atoms with Gasteiger partial charge in [-0.15, -0.1) is 0 Å². The van der Waals surface area contributed by atoms with Crippen molar-refractivity contribution < 1.29 is 18.7 Å². The first-order valence-electron chi connectivity index (χ1n) is 12.1. The second-order valence-electron chi connectivity index (χ2n) is 11.3. The van der Waals surface area contributed by atoms with Crippen molar-refractivity contribution in [3.8, 4) is 0 Å². The van der Waals surface area contributed by atoms with Crippen LogP contribution in [0.2, 0.25) is 0 Å².